The Bertz CT molecular complexity index is 962. The van der Waals surface area contributed by atoms with Gasteiger partial charge in [-0.1, -0.05) is 0 Å². The summed E-state index contributed by atoms with van der Waals surface area (Å²) < 4.78 is 28.9. The lowest BCUT2D eigenvalue weighted by atomic mass is 10.2. The van der Waals surface area contributed by atoms with Crippen molar-refractivity contribution in [3.63, 3.8) is 0 Å². The average molecular weight is 367 g/mol. The molecular weight excluding hydrogens is 353 g/mol. The number of halogens is 1. The minimum Gasteiger partial charge on any atom is -0.482 e. The lowest BCUT2D eigenvalue weighted by Crippen LogP contribution is -2.17. The Labute approximate surface area is 154 Å². The van der Waals surface area contributed by atoms with Gasteiger partial charge in [0.15, 0.2) is 12.7 Å². The van der Waals surface area contributed by atoms with Crippen LogP contribution in [-0.4, -0.2) is 22.8 Å². The van der Waals surface area contributed by atoms with Crippen molar-refractivity contribution in [2.24, 2.45) is 0 Å². The first kappa shape index (κ1) is 18.1. The Kier molecular flexibility index (Phi) is 5.42. The SMILES string of the molecule is C[C@H](OC(=O)COc1ccc(C#N)cc1)c1nnc(-c2ccc(F)cc2)o1. The number of hydrogen-bond acceptors (Lipinski definition) is 7. The third-order valence-corrected chi connectivity index (χ3v) is 3.53. The van der Waals surface area contributed by atoms with Gasteiger partial charge in [0.05, 0.1) is 11.6 Å². The second kappa shape index (κ2) is 8.10. The minimum absolute atomic E-state index is 0.112. The molecule has 7 nitrogen and oxygen atoms in total. The molecule has 0 unspecified atom stereocenters. The molecule has 0 fully saturated rings. The van der Waals surface area contributed by atoms with E-state index >= 15 is 0 Å². The summed E-state index contributed by atoms with van der Waals surface area (Å²) in [6.07, 6.45) is -0.774. The van der Waals surface area contributed by atoms with Gasteiger partial charge in [0, 0.05) is 5.56 Å². The highest BCUT2D eigenvalue weighted by Crippen LogP contribution is 2.22. The Morgan fingerprint density at radius 1 is 1.19 bits per heavy atom. The van der Waals surface area contributed by atoms with E-state index in [1.807, 2.05) is 6.07 Å². The molecule has 27 heavy (non-hydrogen) atoms. The molecule has 3 aromatic rings. The van der Waals surface area contributed by atoms with Crippen LogP contribution in [0.15, 0.2) is 52.9 Å². The number of esters is 1. The number of nitriles is 1. The summed E-state index contributed by atoms with van der Waals surface area (Å²) in [6, 6.07) is 13.9. The van der Waals surface area contributed by atoms with Crippen molar-refractivity contribution < 1.29 is 23.1 Å². The average Bonchev–Trinajstić information content (AvgIpc) is 3.18. The molecule has 0 saturated carbocycles. The first-order chi connectivity index (χ1) is 13.0. The van der Waals surface area contributed by atoms with Crippen LogP contribution in [0.4, 0.5) is 4.39 Å². The normalized spacial score (nSPS) is 11.4. The Morgan fingerprint density at radius 3 is 2.56 bits per heavy atom. The number of benzene rings is 2. The molecule has 0 aliphatic carbocycles. The number of ether oxygens (including phenoxy) is 2. The predicted molar refractivity (Wildman–Crippen MR) is 90.9 cm³/mol. The number of aromatic nitrogens is 2. The van der Waals surface area contributed by atoms with E-state index in [-0.39, 0.29) is 24.2 Å². The number of carbonyl (C=O) groups excluding carboxylic acids is 1. The van der Waals surface area contributed by atoms with Crippen molar-refractivity contribution in [1.82, 2.24) is 10.2 Å². The van der Waals surface area contributed by atoms with Crippen LogP contribution >= 0.6 is 0 Å². The quantitative estimate of drug-likeness (QED) is 0.616. The molecule has 0 amide bonds. The van der Waals surface area contributed by atoms with Gasteiger partial charge >= 0.3 is 5.97 Å². The molecule has 136 valence electrons. The van der Waals surface area contributed by atoms with Crippen LogP contribution in [0.2, 0.25) is 0 Å². The van der Waals surface area contributed by atoms with Crippen LogP contribution < -0.4 is 4.74 Å². The molecule has 1 aromatic heterocycles. The van der Waals surface area contributed by atoms with Crippen LogP contribution in [0.5, 0.6) is 5.75 Å². The first-order valence-electron chi connectivity index (χ1n) is 7.97. The third-order valence-electron chi connectivity index (χ3n) is 3.53. The Hall–Kier alpha value is -3.73. The molecule has 0 radical (unpaired) electrons. The molecule has 8 heteroatoms. The summed E-state index contributed by atoms with van der Waals surface area (Å²) in [4.78, 5) is 11.9. The van der Waals surface area contributed by atoms with E-state index < -0.39 is 12.1 Å². The van der Waals surface area contributed by atoms with Crippen LogP contribution in [0, 0.1) is 17.1 Å². The van der Waals surface area contributed by atoms with Crippen molar-refractivity contribution in [3.8, 4) is 23.3 Å². The van der Waals surface area contributed by atoms with E-state index in [0.717, 1.165) is 0 Å². The maximum atomic E-state index is 13.0. The maximum Gasteiger partial charge on any atom is 0.344 e. The molecule has 0 spiro atoms. The summed E-state index contributed by atoms with van der Waals surface area (Å²) >= 11 is 0. The van der Waals surface area contributed by atoms with Gasteiger partial charge in [0.2, 0.25) is 5.89 Å². The molecule has 3 rings (SSSR count). The largest absolute Gasteiger partial charge is 0.482 e. The summed E-state index contributed by atoms with van der Waals surface area (Å²) in [7, 11) is 0. The zero-order valence-electron chi connectivity index (χ0n) is 14.3. The van der Waals surface area contributed by atoms with Crippen LogP contribution in [-0.2, 0) is 9.53 Å². The van der Waals surface area contributed by atoms with Crippen molar-refractivity contribution in [3.05, 3.63) is 65.8 Å². The van der Waals surface area contributed by atoms with Gasteiger partial charge in [0.1, 0.15) is 11.6 Å². The first-order valence-corrected chi connectivity index (χ1v) is 7.97. The molecule has 0 aliphatic rings. The van der Waals surface area contributed by atoms with Gasteiger partial charge in [-0.05, 0) is 55.5 Å². The summed E-state index contributed by atoms with van der Waals surface area (Å²) in [5, 5.41) is 16.5. The summed E-state index contributed by atoms with van der Waals surface area (Å²) in [5.74, 6) is -0.241. The van der Waals surface area contributed by atoms with Gasteiger partial charge in [-0.2, -0.15) is 5.26 Å². The molecule has 0 N–H and O–H groups in total. The fourth-order valence-electron chi connectivity index (χ4n) is 2.16. The fourth-order valence-corrected chi connectivity index (χ4v) is 2.16. The van der Waals surface area contributed by atoms with Crippen LogP contribution in [0.25, 0.3) is 11.5 Å². The maximum absolute atomic E-state index is 13.0. The van der Waals surface area contributed by atoms with Crippen molar-refractivity contribution >= 4 is 5.97 Å². The zero-order valence-corrected chi connectivity index (χ0v) is 14.3. The number of rotatable bonds is 6. The number of carbonyl (C=O) groups is 1. The smallest absolute Gasteiger partial charge is 0.344 e. The topological polar surface area (TPSA) is 98.2 Å². The number of nitrogens with zero attached hydrogens (tertiary/aromatic N) is 3. The van der Waals surface area contributed by atoms with E-state index in [1.165, 1.54) is 24.3 Å². The van der Waals surface area contributed by atoms with Gasteiger partial charge in [-0.3, -0.25) is 0 Å². The van der Waals surface area contributed by atoms with Crippen molar-refractivity contribution in [2.45, 2.75) is 13.0 Å². The second-order valence-electron chi connectivity index (χ2n) is 5.51. The monoisotopic (exact) mass is 367 g/mol. The summed E-state index contributed by atoms with van der Waals surface area (Å²) in [6.45, 7) is 1.27. The highest BCUT2D eigenvalue weighted by Gasteiger charge is 2.19. The predicted octanol–water partition coefficient (Wildman–Crippen LogP) is 3.43. The Balaban J connectivity index is 1.55. The van der Waals surface area contributed by atoms with Gasteiger partial charge in [0.25, 0.3) is 5.89 Å². The highest BCUT2D eigenvalue weighted by atomic mass is 19.1. The standard InChI is InChI=1S/C19H14FN3O4/c1-12(18-22-23-19(27-18)14-4-6-15(20)7-5-14)26-17(24)11-25-16-8-2-13(10-21)3-9-16/h2-9,12H,11H2,1H3/t12-/m0/s1. The molecule has 2 aromatic carbocycles. The van der Waals surface area contributed by atoms with E-state index in [4.69, 9.17) is 19.2 Å². The molecule has 0 bridgehead atoms. The van der Waals surface area contributed by atoms with Crippen molar-refractivity contribution in [2.75, 3.05) is 6.61 Å². The highest BCUT2D eigenvalue weighted by molar-refractivity contribution is 5.71. The summed E-state index contributed by atoms with van der Waals surface area (Å²) in [5.41, 5.74) is 1.05. The van der Waals surface area contributed by atoms with Gasteiger partial charge in [-0.25, -0.2) is 9.18 Å². The molecule has 0 saturated heterocycles. The molecular formula is C19H14FN3O4. The minimum atomic E-state index is -0.774. The second-order valence-corrected chi connectivity index (χ2v) is 5.51. The van der Waals surface area contributed by atoms with E-state index in [2.05, 4.69) is 10.2 Å². The van der Waals surface area contributed by atoms with Gasteiger partial charge < -0.3 is 13.9 Å². The van der Waals surface area contributed by atoms with E-state index in [9.17, 15) is 9.18 Å². The Morgan fingerprint density at radius 2 is 1.89 bits per heavy atom. The van der Waals surface area contributed by atoms with Crippen molar-refractivity contribution in [1.29, 1.82) is 5.26 Å². The molecule has 0 aliphatic heterocycles. The third kappa shape index (κ3) is 4.67. The fraction of sp³-hybridized carbons (Fsp3) is 0.158. The van der Waals surface area contributed by atoms with Crippen LogP contribution in [0.3, 0.4) is 0 Å². The van der Waals surface area contributed by atoms with Gasteiger partial charge in [-0.15, -0.1) is 10.2 Å². The molecule has 1 atom stereocenters. The lowest BCUT2D eigenvalue weighted by Gasteiger charge is -2.10. The lowest BCUT2D eigenvalue weighted by molar-refractivity contribution is -0.152. The van der Waals surface area contributed by atoms with Crippen LogP contribution in [0.1, 0.15) is 24.5 Å². The number of hydrogen-bond donors (Lipinski definition) is 0. The van der Waals surface area contributed by atoms with E-state index in [0.29, 0.717) is 16.9 Å². The zero-order chi connectivity index (χ0) is 19.2. The molecule has 1 heterocycles. The van der Waals surface area contributed by atoms with E-state index in [1.54, 1.807) is 31.2 Å².